The highest BCUT2D eigenvalue weighted by atomic mass is 79.9. The molecule has 6 aromatic carbocycles. The van der Waals surface area contributed by atoms with Crippen molar-refractivity contribution in [3.8, 4) is 0 Å². The molecule has 9 amide bonds. The number of nitrogens with one attached hydrogen (secondary N) is 6. The fraction of sp³-hybridized carbons (Fsp3) is 0.563. The monoisotopic (exact) mass is 2260 g/mol. The lowest BCUT2D eigenvalue weighted by Crippen LogP contribution is -2.56. The molecule has 0 saturated carbocycles. The van der Waals surface area contributed by atoms with E-state index in [0.29, 0.717) is 132 Å². The zero-order chi connectivity index (χ0) is 106. The number of halogens is 12. The molecule has 3 atom stereocenters. The van der Waals surface area contributed by atoms with Gasteiger partial charge in [0.15, 0.2) is 18.3 Å². The maximum atomic E-state index is 14.0. The maximum absolute atomic E-state index is 14.0. The molecule has 12 N–H and O–H groups in total. The highest BCUT2D eigenvalue weighted by molar-refractivity contribution is 9.11. The number of hydrogen-bond acceptors (Lipinski definition) is 23. The van der Waals surface area contributed by atoms with E-state index in [0.717, 1.165) is 139 Å². The van der Waals surface area contributed by atoms with Crippen molar-refractivity contribution >= 4 is 136 Å². The van der Waals surface area contributed by atoms with Crippen molar-refractivity contribution in [2.75, 3.05) is 177 Å². The van der Waals surface area contributed by atoms with Crippen molar-refractivity contribution in [1.82, 2.24) is 55.1 Å². The smallest absolute Gasteiger partial charge is 0.418 e. The number of alkyl halides is 9. The molecule has 32 nitrogen and oxygen atoms in total. The summed E-state index contributed by atoms with van der Waals surface area (Å²) in [7, 11) is 0. The molecule has 0 unspecified atom stereocenters. The lowest BCUT2D eigenvalue weighted by atomic mass is 9.79. The van der Waals surface area contributed by atoms with Crippen LogP contribution < -0.4 is 49.1 Å². The third-order valence-corrected chi connectivity index (χ3v) is 31.4. The summed E-state index contributed by atoms with van der Waals surface area (Å²) in [5.74, 6) is -0.241. The van der Waals surface area contributed by atoms with Crippen LogP contribution in [0.1, 0.15) is 182 Å². The Morgan fingerprint density at radius 1 is 0.354 bits per heavy atom. The Balaban J connectivity index is 0.000000180. The van der Waals surface area contributed by atoms with Crippen molar-refractivity contribution in [2.45, 2.75) is 216 Å². The van der Waals surface area contributed by atoms with Crippen molar-refractivity contribution in [2.24, 2.45) is 11.8 Å². The third kappa shape index (κ3) is 27.6. The molecular formula is C103H133Br3F9N17O15. The van der Waals surface area contributed by atoms with Crippen LogP contribution in [0.25, 0.3) is 0 Å². The summed E-state index contributed by atoms with van der Waals surface area (Å²) in [5, 5.41) is 18.2. The predicted molar refractivity (Wildman–Crippen MR) is 547 cm³/mol. The molecule has 3 spiro atoms. The van der Waals surface area contributed by atoms with Crippen molar-refractivity contribution in [3.63, 3.8) is 0 Å². The Labute approximate surface area is 875 Å². The Kier molecular flexibility index (Phi) is 38.9. The second kappa shape index (κ2) is 50.3. The average Bonchev–Trinajstić information content (AvgIpc) is 0.759. The number of nitrogens with zero attached hydrogens (tertiary/aromatic N) is 8. The summed E-state index contributed by atoms with van der Waals surface area (Å²) in [6, 6.07) is 29.8. The highest BCUT2D eigenvalue weighted by Gasteiger charge is 2.52. The van der Waals surface area contributed by atoms with Gasteiger partial charge in [-0.15, -0.1) is 0 Å². The van der Waals surface area contributed by atoms with Gasteiger partial charge in [-0.3, -0.25) is 40.1 Å². The van der Waals surface area contributed by atoms with Gasteiger partial charge in [0, 0.05) is 218 Å². The van der Waals surface area contributed by atoms with Crippen LogP contribution in [-0.4, -0.2) is 268 Å². The van der Waals surface area contributed by atoms with E-state index in [1.807, 2.05) is 96.1 Å². The number of nitrogen functional groups attached to an aromatic ring is 3. The second-order valence-electron chi connectivity index (χ2n) is 37.9. The molecule has 18 rings (SSSR count). The van der Waals surface area contributed by atoms with Gasteiger partial charge in [0.25, 0.3) is 17.7 Å². The minimum Gasteiger partial charge on any atom is -0.438 e. The van der Waals surface area contributed by atoms with Gasteiger partial charge in [-0.25, -0.2) is 28.8 Å². The number of piperazine rings is 2. The predicted octanol–water partition coefficient (Wildman–Crippen LogP) is 18.1. The first kappa shape index (κ1) is 114. The lowest BCUT2D eigenvalue weighted by molar-refractivity contribution is -0.143. The largest absolute Gasteiger partial charge is 0.438 e. The Morgan fingerprint density at radius 2 is 0.619 bits per heavy atom. The minimum atomic E-state index is -4.72. The second-order valence-corrected chi connectivity index (χ2v) is 40.5. The fourth-order valence-corrected chi connectivity index (χ4v) is 23.2. The van der Waals surface area contributed by atoms with Gasteiger partial charge in [0.1, 0.15) is 16.8 Å². The van der Waals surface area contributed by atoms with Gasteiger partial charge in [0.2, 0.25) is 0 Å². The molecule has 12 aliphatic rings. The highest BCUT2D eigenvalue weighted by Crippen LogP contribution is 2.50. The standard InChI is InChI=1S/C33H39BrF3N5O5.2C32H38BrF3N6O5.3C2H6/c34-25-18-20(17-24(28(25)38)33(35,36)37)19-27(29(43)41-13-7-22(8-14-41)21-5-11-39-12-6-21)46-31(45)42-15-9-32(10-16-42)23-3-1-2-4-26(23)40-30(44)47-32;33-24-18-20(17-23(27(24)37)32(34,35)36)19-26(28(43)41-11-5-21(6-12-41)40-15-9-38-10-16-40)46-30(45)42-13-7-31(8-14-42)22-3-1-2-4-25(22)39-29(44)47-31;33-24-18-20(17-23(27(24)37)32(34,35)36)19-26(28(43)41-15-13-40(14-16-41)21-5-9-38-10-6-21)46-30(45)42-11-7-31(8-12-42)22-3-1-2-4-25(22)39-29(44)47-31;3*1-2/h1-4,17-18,21-22,27,39H,5-16,19,38H2,(H,40,44);2*1-4,17-18,21,26,38H,5-16,19,37H2,(H,39,44);3*1-2H3/t27-;2*26-;;;/m111.../s1. The number of anilines is 6. The molecule has 12 aliphatic heterocycles. The molecule has 9 saturated heterocycles. The minimum absolute atomic E-state index is 0.0357. The summed E-state index contributed by atoms with van der Waals surface area (Å²) >= 11 is 9.35. The van der Waals surface area contributed by atoms with Gasteiger partial charge in [-0.05, 0) is 208 Å². The molecule has 12 heterocycles. The number of amides is 9. The molecule has 0 aromatic heterocycles. The first-order valence-corrected chi connectivity index (χ1v) is 53.3. The van der Waals surface area contributed by atoms with E-state index in [-0.39, 0.29) is 88.6 Å². The third-order valence-electron chi connectivity index (χ3n) is 29.4. The molecule has 0 radical (unpaired) electrons. The van der Waals surface area contributed by atoms with E-state index in [1.54, 1.807) is 32.9 Å². The van der Waals surface area contributed by atoms with E-state index < -0.39 is 142 Å². The van der Waals surface area contributed by atoms with Crippen LogP contribution in [0.3, 0.4) is 0 Å². The number of carbonyl (C=O) groups is 9. The van der Waals surface area contributed by atoms with Gasteiger partial charge < -0.3 is 91.0 Å². The Morgan fingerprint density at radius 3 is 0.932 bits per heavy atom. The fourth-order valence-electron chi connectivity index (χ4n) is 21.7. The number of ether oxygens (including phenoxy) is 6. The number of benzene rings is 6. The molecule has 9 fully saturated rings. The van der Waals surface area contributed by atoms with Crippen LogP contribution in [-0.2, 0) is 97.4 Å². The number of hydrogen-bond donors (Lipinski definition) is 9. The number of carbonyl (C=O) groups excluding carboxylic acids is 9. The van der Waals surface area contributed by atoms with Gasteiger partial charge in [-0.1, -0.05) is 96.1 Å². The number of piperidine rings is 7. The number of nitrogens with two attached hydrogens (primary N) is 3. The van der Waals surface area contributed by atoms with E-state index in [2.05, 4.69) is 89.5 Å². The summed E-state index contributed by atoms with van der Waals surface area (Å²) in [6.45, 7) is 24.7. The van der Waals surface area contributed by atoms with Crippen molar-refractivity contribution in [3.05, 3.63) is 173 Å². The van der Waals surface area contributed by atoms with Crippen molar-refractivity contribution < 1.29 is 111 Å². The zero-order valence-corrected chi connectivity index (χ0v) is 88.2. The SMILES string of the molecule is CC.CC.CC.Nc1c(Br)cc(C[C@@H](OC(=O)N2CCC3(CC2)OC(=O)Nc2ccccc23)C(=O)N2CCC(C3CCNCC3)CC2)cc1C(F)(F)F.Nc1c(Br)cc(C[C@@H](OC(=O)N2CCC3(CC2)OC(=O)Nc2ccccc23)C(=O)N2CCC(N3CCNCC3)CC2)cc1C(F)(F)F.Nc1c(Br)cc(C[C@@H](OC(=O)N2CCC3(CC2)OC(=O)Nc2ccccc23)C(=O)N2CCN(C3CCNCC3)CC2)cc1C(F)(F)F. The molecular weight excluding hydrogens is 2130 g/mol. The lowest BCUT2D eigenvalue weighted by Gasteiger charge is -2.44. The number of para-hydroxylation sites is 3. The van der Waals surface area contributed by atoms with Crippen molar-refractivity contribution in [1.29, 1.82) is 0 Å². The summed E-state index contributed by atoms with van der Waals surface area (Å²) < 4.78 is 159. The van der Waals surface area contributed by atoms with Gasteiger partial charge in [-0.2, -0.15) is 39.5 Å². The summed E-state index contributed by atoms with van der Waals surface area (Å²) in [6.07, 6.45) is -13.7. The number of likely N-dealkylation sites (tertiary alicyclic amines) is 5. The number of fused-ring (bicyclic) bond motifs is 6. The van der Waals surface area contributed by atoms with E-state index >= 15 is 0 Å². The molecule has 0 bridgehead atoms. The topological polar surface area (TPSA) is 385 Å². The van der Waals surface area contributed by atoms with E-state index in [4.69, 9.17) is 45.6 Å². The summed E-state index contributed by atoms with van der Waals surface area (Å²) in [5.41, 5.74) is 14.8. The quantitative estimate of drug-likeness (QED) is 0.0262. The first-order chi connectivity index (χ1) is 70.3. The molecule has 44 heteroatoms. The normalized spacial score (nSPS) is 20.3. The molecule has 147 heavy (non-hydrogen) atoms. The average molecular weight is 2260 g/mol. The Hall–Kier alpha value is -10.6. The van der Waals surface area contributed by atoms with Crippen LogP contribution >= 0.6 is 47.8 Å². The molecule has 6 aromatic rings. The maximum Gasteiger partial charge on any atom is 0.418 e. The summed E-state index contributed by atoms with van der Waals surface area (Å²) in [4.78, 5) is 134. The molecule has 804 valence electrons. The Bertz CT molecular complexity index is 5040. The van der Waals surface area contributed by atoms with E-state index in [9.17, 15) is 82.7 Å². The zero-order valence-electron chi connectivity index (χ0n) is 83.5. The van der Waals surface area contributed by atoms with Crippen LogP contribution in [0.5, 0.6) is 0 Å². The van der Waals surface area contributed by atoms with Crippen LogP contribution in [0.2, 0.25) is 0 Å². The number of rotatable bonds is 15. The van der Waals surface area contributed by atoms with Gasteiger partial charge >= 0.3 is 55.1 Å². The van der Waals surface area contributed by atoms with Crippen LogP contribution in [0, 0.1) is 11.8 Å². The van der Waals surface area contributed by atoms with Crippen LogP contribution in [0.15, 0.2) is 123 Å². The van der Waals surface area contributed by atoms with E-state index in [1.165, 1.54) is 32.9 Å². The van der Waals surface area contributed by atoms with Crippen LogP contribution in [0.4, 0.5) is 102 Å². The van der Waals surface area contributed by atoms with Gasteiger partial charge in [0.05, 0.1) is 50.8 Å². The first-order valence-electron chi connectivity index (χ1n) is 50.9. The molecule has 0 aliphatic carbocycles.